The number of pyridine rings is 1. The maximum atomic E-state index is 15.2. The minimum Gasteiger partial charge on any atom is -0.464 e. The summed E-state index contributed by atoms with van der Waals surface area (Å²) in [5.74, 6) is -1.41. The molecule has 0 aliphatic carbocycles. The highest BCUT2D eigenvalue weighted by Crippen LogP contribution is 2.29. The summed E-state index contributed by atoms with van der Waals surface area (Å²) in [6.45, 7) is 2.87. The van der Waals surface area contributed by atoms with Crippen LogP contribution in [0.4, 0.5) is 25.5 Å². The Morgan fingerprint density at radius 2 is 2.14 bits per heavy atom. The molecule has 0 spiro atoms. The maximum absolute atomic E-state index is 15.2. The van der Waals surface area contributed by atoms with Crippen molar-refractivity contribution >= 4 is 23.7 Å². The molecule has 1 aliphatic heterocycles. The standard InChI is InChI=1S/C21H24FN3O4/c1-2-3-12-29-21(28)25(20(26)27)19-18(22)15(9-11-24-19)13-14-6-4-8-17-16(14)7-5-10-23-17/h4,6,8-9,11,23H,2-3,5,7,10,12-13H2,1H3,(H,26,27). The average molecular weight is 401 g/mol. The molecule has 1 aliphatic rings. The van der Waals surface area contributed by atoms with Crippen LogP contribution in [0.25, 0.3) is 0 Å². The molecule has 0 radical (unpaired) electrons. The highest BCUT2D eigenvalue weighted by molar-refractivity contribution is 6.07. The Hall–Kier alpha value is -3.16. The molecular weight excluding hydrogens is 377 g/mol. The molecule has 0 saturated heterocycles. The van der Waals surface area contributed by atoms with Crippen LogP contribution < -0.4 is 10.2 Å². The Kier molecular flexibility index (Phi) is 6.64. The highest BCUT2D eigenvalue weighted by Gasteiger charge is 2.30. The molecule has 2 aromatic rings. The number of carboxylic acid groups (broad SMARTS) is 1. The first-order chi connectivity index (χ1) is 14.0. The van der Waals surface area contributed by atoms with Gasteiger partial charge in [-0.2, -0.15) is 4.90 Å². The van der Waals surface area contributed by atoms with Crippen molar-refractivity contribution in [2.45, 2.75) is 39.0 Å². The fourth-order valence-corrected chi connectivity index (χ4v) is 3.34. The zero-order chi connectivity index (χ0) is 20.8. The topological polar surface area (TPSA) is 91.8 Å². The average Bonchev–Trinajstić information content (AvgIpc) is 2.71. The summed E-state index contributed by atoms with van der Waals surface area (Å²) in [5.41, 5.74) is 3.39. The molecule has 1 aromatic carbocycles. The number of carbonyl (C=O) groups excluding carboxylic acids is 1. The maximum Gasteiger partial charge on any atom is 0.425 e. The number of fused-ring (bicyclic) bond motifs is 1. The first kappa shape index (κ1) is 20.6. The summed E-state index contributed by atoms with van der Waals surface area (Å²) in [6, 6.07) is 7.32. The summed E-state index contributed by atoms with van der Waals surface area (Å²) in [6.07, 6.45) is 2.02. The van der Waals surface area contributed by atoms with E-state index < -0.39 is 23.8 Å². The van der Waals surface area contributed by atoms with Crippen molar-refractivity contribution in [2.24, 2.45) is 0 Å². The van der Waals surface area contributed by atoms with E-state index in [1.165, 1.54) is 12.3 Å². The van der Waals surface area contributed by atoms with Crippen LogP contribution in [-0.2, 0) is 17.6 Å². The Labute approximate surface area is 168 Å². The van der Waals surface area contributed by atoms with E-state index in [1.54, 1.807) is 0 Å². The van der Waals surface area contributed by atoms with Crippen molar-refractivity contribution in [2.75, 3.05) is 23.4 Å². The van der Waals surface area contributed by atoms with E-state index in [0.29, 0.717) is 6.42 Å². The van der Waals surface area contributed by atoms with Gasteiger partial charge < -0.3 is 15.2 Å². The van der Waals surface area contributed by atoms with Crippen LogP contribution in [0.5, 0.6) is 0 Å². The van der Waals surface area contributed by atoms with Crippen molar-refractivity contribution < 1.29 is 23.8 Å². The van der Waals surface area contributed by atoms with Crippen molar-refractivity contribution in [3.63, 3.8) is 0 Å². The van der Waals surface area contributed by atoms with Gasteiger partial charge in [-0.1, -0.05) is 25.5 Å². The van der Waals surface area contributed by atoms with Crippen LogP contribution in [0.3, 0.4) is 0 Å². The van der Waals surface area contributed by atoms with Gasteiger partial charge in [-0.3, -0.25) is 0 Å². The third-order valence-electron chi connectivity index (χ3n) is 4.83. The van der Waals surface area contributed by atoms with Crippen molar-refractivity contribution in [1.29, 1.82) is 0 Å². The van der Waals surface area contributed by atoms with Gasteiger partial charge in [0.2, 0.25) is 0 Å². The third-order valence-corrected chi connectivity index (χ3v) is 4.83. The quantitative estimate of drug-likeness (QED) is 0.688. The van der Waals surface area contributed by atoms with Gasteiger partial charge in [0.05, 0.1) is 6.61 Å². The Morgan fingerprint density at radius 1 is 1.31 bits per heavy atom. The zero-order valence-corrected chi connectivity index (χ0v) is 16.3. The fourth-order valence-electron chi connectivity index (χ4n) is 3.34. The number of ether oxygens (including phenoxy) is 1. The first-order valence-electron chi connectivity index (χ1n) is 9.70. The molecule has 8 heteroatoms. The second kappa shape index (κ2) is 9.36. The fraction of sp³-hybridized carbons (Fsp3) is 0.381. The molecule has 2 N–H and O–H groups in total. The molecule has 2 amide bonds. The van der Waals surface area contributed by atoms with Crippen molar-refractivity contribution in [1.82, 2.24) is 4.98 Å². The van der Waals surface area contributed by atoms with Crippen LogP contribution in [0.15, 0.2) is 30.5 Å². The monoisotopic (exact) mass is 401 g/mol. The number of benzene rings is 1. The van der Waals surface area contributed by atoms with Crippen LogP contribution >= 0.6 is 0 Å². The number of aromatic nitrogens is 1. The molecule has 2 heterocycles. The van der Waals surface area contributed by atoms with E-state index in [2.05, 4.69) is 10.3 Å². The van der Waals surface area contributed by atoms with Crippen LogP contribution in [-0.4, -0.2) is 35.4 Å². The number of nitrogens with one attached hydrogen (secondary N) is 1. The molecule has 29 heavy (non-hydrogen) atoms. The van der Waals surface area contributed by atoms with Crippen LogP contribution in [0.2, 0.25) is 0 Å². The lowest BCUT2D eigenvalue weighted by Crippen LogP contribution is -2.38. The largest absolute Gasteiger partial charge is 0.464 e. The number of amides is 2. The van der Waals surface area contributed by atoms with E-state index in [9.17, 15) is 14.7 Å². The number of carbonyl (C=O) groups is 2. The molecule has 1 aromatic heterocycles. The number of hydrogen-bond donors (Lipinski definition) is 2. The third kappa shape index (κ3) is 4.64. The minimum absolute atomic E-state index is 0.0591. The van der Waals surface area contributed by atoms with Gasteiger partial charge in [0, 0.05) is 24.8 Å². The molecule has 3 rings (SSSR count). The molecule has 0 unspecified atom stereocenters. The smallest absolute Gasteiger partial charge is 0.425 e. The second-order valence-corrected chi connectivity index (χ2v) is 6.84. The van der Waals surface area contributed by atoms with E-state index in [1.807, 2.05) is 25.1 Å². The highest BCUT2D eigenvalue weighted by atomic mass is 19.1. The molecule has 0 bridgehead atoms. The lowest BCUT2D eigenvalue weighted by molar-refractivity contribution is 0.147. The second-order valence-electron chi connectivity index (χ2n) is 6.84. The summed E-state index contributed by atoms with van der Waals surface area (Å²) < 4.78 is 20.1. The molecule has 0 saturated carbocycles. The minimum atomic E-state index is -1.64. The number of unbranched alkanes of at least 4 members (excludes halogenated alkanes) is 1. The molecule has 7 nitrogen and oxygen atoms in total. The van der Waals surface area contributed by atoms with Gasteiger partial charge in [0.15, 0.2) is 11.6 Å². The first-order valence-corrected chi connectivity index (χ1v) is 9.70. The summed E-state index contributed by atoms with van der Waals surface area (Å²) in [5, 5.41) is 12.8. The van der Waals surface area contributed by atoms with E-state index in [0.717, 1.165) is 42.6 Å². The Morgan fingerprint density at radius 3 is 2.90 bits per heavy atom. The predicted octanol–water partition coefficient (Wildman–Crippen LogP) is 4.59. The van der Waals surface area contributed by atoms with Crippen molar-refractivity contribution in [3.05, 3.63) is 53.0 Å². The normalized spacial score (nSPS) is 12.6. The lowest BCUT2D eigenvalue weighted by Gasteiger charge is -2.21. The van der Waals surface area contributed by atoms with E-state index in [4.69, 9.17) is 4.74 Å². The lowest BCUT2D eigenvalue weighted by atomic mass is 9.93. The summed E-state index contributed by atoms with van der Waals surface area (Å²) in [4.78, 5) is 27.8. The molecule has 154 valence electrons. The number of hydrogen-bond acceptors (Lipinski definition) is 5. The Bertz CT molecular complexity index is 903. The van der Waals surface area contributed by atoms with E-state index >= 15 is 4.39 Å². The number of anilines is 2. The van der Waals surface area contributed by atoms with Crippen LogP contribution in [0, 0.1) is 5.82 Å². The molecule has 0 atom stereocenters. The van der Waals surface area contributed by atoms with Gasteiger partial charge in [-0.05, 0) is 48.1 Å². The molecule has 0 fully saturated rings. The Balaban J connectivity index is 1.89. The summed E-state index contributed by atoms with van der Waals surface area (Å²) >= 11 is 0. The predicted molar refractivity (Wildman–Crippen MR) is 107 cm³/mol. The van der Waals surface area contributed by atoms with Gasteiger partial charge in [0.1, 0.15) is 0 Å². The van der Waals surface area contributed by atoms with E-state index in [-0.39, 0.29) is 23.5 Å². The van der Waals surface area contributed by atoms with Gasteiger partial charge in [-0.25, -0.2) is 19.0 Å². The zero-order valence-electron chi connectivity index (χ0n) is 16.3. The van der Waals surface area contributed by atoms with Crippen molar-refractivity contribution in [3.8, 4) is 0 Å². The summed E-state index contributed by atoms with van der Waals surface area (Å²) in [7, 11) is 0. The number of rotatable bonds is 6. The number of imide groups is 1. The number of halogens is 1. The molecular formula is C21H24FN3O4. The van der Waals surface area contributed by atoms with Gasteiger partial charge >= 0.3 is 12.2 Å². The van der Waals surface area contributed by atoms with Gasteiger partial charge in [-0.15, -0.1) is 0 Å². The SMILES string of the molecule is CCCCOC(=O)N(C(=O)O)c1nccc(Cc2cccc3c2CCCN3)c1F. The number of nitrogens with zero attached hydrogens (tertiary/aromatic N) is 2. The van der Waals surface area contributed by atoms with Gasteiger partial charge in [0.25, 0.3) is 0 Å². The van der Waals surface area contributed by atoms with Crippen LogP contribution in [0.1, 0.15) is 42.9 Å².